The van der Waals surface area contributed by atoms with Gasteiger partial charge in [0.05, 0.1) is 6.61 Å². The Hall–Kier alpha value is -2.92. The molecular weight excluding hydrogens is 789 g/mol. The molecule has 0 amide bonds. The Kier molecular flexibility index (Phi) is 51.9. The molecular formula is C59H102O5. The number of unbranched alkanes of at least 4 members (excludes halogenated alkanes) is 27. The van der Waals surface area contributed by atoms with E-state index < -0.39 is 6.10 Å². The van der Waals surface area contributed by atoms with E-state index in [0.717, 1.165) is 83.5 Å². The Morgan fingerprint density at radius 3 is 1.02 bits per heavy atom. The fourth-order valence-electron chi connectivity index (χ4n) is 7.65. The van der Waals surface area contributed by atoms with Gasteiger partial charge < -0.3 is 14.6 Å². The van der Waals surface area contributed by atoms with Crippen molar-refractivity contribution in [3.05, 3.63) is 85.1 Å². The molecule has 368 valence electrons. The van der Waals surface area contributed by atoms with Crippen LogP contribution in [0.2, 0.25) is 0 Å². The van der Waals surface area contributed by atoms with Crippen molar-refractivity contribution in [2.24, 2.45) is 0 Å². The molecule has 64 heavy (non-hydrogen) atoms. The van der Waals surface area contributed by atoms with Crippen LogP contribution in [-0.4, -0.2) is 36.4 Å². The van der Waals surface area contributed by atoms with E-state index in [1.165, 1.54) is 148 Å². The molecule has 0 fully saturated rings. The van der Waals surface area contributed by atoms with Gasteiger partial charge in [0.2, 0.25) is 0 Å². The number of rotatable bonds is 49. The van der Waals surface area contributed by atoms with Crippen molar-refractivity contribution in [2.45, 2.75) is 264 Å². The Morgan fingerprint density at radius 2 is 0.672 bits per heavy atom. The maximum absolute atomic E-state index is 12.3. The monoisotopic (exact) mass is 891 g/mol. The Bertz CT molecular complexity index is 1190. The molecule has 0 saturated carbocycles. The van der Waals surface area contributed by atoms with E-state index in [4.69, 9.17) is 9.47 Å². The van der Waals surface area contributed by atoms with Crippen LogP contribution >= 0.6 is 0 Å². The predicted octanol–water partition coefficient (Wildman–Crippen LogP) is 18.2. The van der Waals surface area contributed by atoms with E-state index in [2.05, 4.69) is 98.9 Å². The molecule has 0 rings (SSSR count). The summed E-state index contributed by atoms with van der Waals surface area (Å²) < 4.78 is 10.7. The summed E-state index contributed by atoms with van der Waals surface area (Å²) in [6.07, 6.45) is 75.4. The van der Waals surface area contributed by atoms with Gasteiger partial charge in [0, 0.05) is 12.8 Å². The van der Waals surface area contributed by atoms with Crippen LogP contribution in [0.5, 0.6) is 0 Å². The molecule has 0 radical (unpaired) electrons. The van der Waals surface area contributed by atoms with Gasteiger partial charge in [0.15, 0.2) is 6.10 Å². The largest absolute Gasteiger partial charge is 0.462 e. The maximum Gasteiger partial charge on any atom is 0.306 e. The van der Waals surface area contributed by atoms with Crippen LogP contribution in [0.25, 0.3) is 0 Å². The van der Waals surface area contributed by atoms with Gasteiger partial charge in [-0.3, -0.25) is 9.59 Å². The number of aliphatic hydroxyl groups excluding tert-OH is 1. The second-order valence-corrected chi connectivity index (χ2v) is 17.9. The minimum atomic E-state index is -0.775. The number of hydrogen-bond acceptors (Lipinski definition) is 5. The molecule has 1 unspecified atom stereocenters. The SMILES string of the molecule is CC/C=C\C/C=C\C/C=C\C/C=C\C/C=C\C/C=C\C/C=C\CCCCCCCCCCCCCC(=O)OC(CO)COC(=O)CCCCCCCCCCCCCCCCCCC. The van der Waals surface area contributed by atoms with E-state index in [9.17, 15) is 14.7 Å². The number of esters is 2. The number of ether oxygens (including phenoxy) is 2. The summed E-state index contributed by atoms with van der Waals surface area (Å²) in [7, 11) is 0. The number of carbonyl (C=O) groups is 2. The summed E-state index contributed by atoms with van der Waals surface area (Å²) in [5.74, 6) is -0.587. The fraction of sp³-hybridized carbons (Fsp3) is 0.729. The summed E-state index contributed by atoms with van der Waals surface area (Å²) in [5, 5.41) is 9.63. The van der Waals surface area contributed by atoms with Gasteiger partial charge in [-0.05, 0) is 70.6 Å². The van der Waals surface area contributed by atoms with Crippen molar-refractivity contribution >= 4 is 11.9 Å². The number of aliphatic hydroxyl groups is 1. The van der Waals surface area contributed by atoms with E-state index in [0.29, 0.717) is 12.8 Å². The summed E-state index contributed by atoms with van der Waals surface area (Å²) in [6.45, 7) is 4.04. The average Bonchev–Trinajstić information content (AvgIpc) is 3.30. The lowest BCUT2D eigenvalue weighted by atomic mass is 10.0. The van der Waals surface area contributed by atoms with Crippen LogP contribution in [0.4, 0.5) is 0 Å². The van der Waals surface area contributed by atoms with Crippen molar-refractivity contribution in [3.8, 4) is 0 Å². The quantitative estimate of drug-likeness (QED) is 0.0374. The molecule has 0 aromatic carbocycles. The first-order valence-corrected chi connectivity index (χ1v) is 27.1. The highest BCUT2D eigenvalue weighted by Crippen LogP contribution is 2.16. The zero-order chi connectivity index (χ0) is 46.3. The molecule has 0 aromatic heterocycles. The molecule has 0 aliphatic rings. The van der Waals surface area contributed by atoms with E-state index in [-0.39, 0.29) is 25.2 Å². The van der Waals surface area contributed by atoms with Gasteiger partial charge in [0.1, 0.15) is 6.61 Å². The molecule has 5 heteroatoms. The topological polar surface area (TPSA) is 72.8 Å². The van der Waals surface area contributed by atoms with Crippen molar-refractivity contribution in [2.75, 3.05) is 13.2 Å². The molecule has 1 atom stereocenters. The summed E-state index contributed by atoms with van der Waals surface area (Å²) in [5.41, 5.74) is 0. The third kappa shape index (κ3) is 51.7. The first kappa shape index (κ1) is 61.1. The standard InChI is InChI=1S/C59H102O5/c1-3-5-7-9-11-13-15-17-19-21-22-23-24-25-26-27-28-29-30-31-32-33-34-35-36-38-40-42-44-46-48-50-52-54-59(62)64-57(55-60)56-63-58(61)53-51-49-47-45-43-41-39-37-20-18-16-14-12-10-8-6-4-2/h5,7,11,13,17,19,22-23,25-26,28-29,31-32,57,60H,3-4,6,8-10,12,14-16,18,20-21,24,27,30,33-56H2,1-2H3/b7-5-,13-11-,19-17-,23-22-,26-25-,29-28-,32-31-. The van der Waals surface area contributed by atoms with Crippen LogP contribution in [0, 0.1) is 0 Å². The third-order valence-corrected chi connectivity index (χ3v) is 11.7. The fourth-order valence-corrected chi connectivity index (χ4v) is 7.65. The Balaban J connectivity index is 3.52. The molecule has 1 N–H and O–H groups in total. The molecule has 0 aliphatic carbocycles. The molecule has 0 aromatic rings. The molecule has 5 nitrogen and oxygen atoms in total. The van der Waals surface area contributed by atoms with Crippen LogP contribution in [0.3, 0.4) is 0 Å². The lowest BCUT2D eigenvalue weighted by Gasteiger charge is -2.15. The van der Waals surface area contributed by atoms with E-state index >= 15 is 0 Å². The third-order valence-electron chi connectivity index (χ3n) is 11.7. The van der Waals surface area contributed by atoms with Gasteiger partial charge in [-0.2, -0.15) is 0 Å². The lowest BCUT2D eigenvalue weighted by molar-refractivity contribution is -0.161. The van der Waals surface area contributed by atoms with Crippen LogP contribution < -0.4 is 0 Å². The van der Waals surface area contributed by atoms with Crippen LogP contribution in [0.15, 0.2) is 85.1 Å². The summed E-state index contributed by atoms with van der Waals surface area (Å²) in [6, 6.07) is 0. The Labute approximate surface area is 396 Å². The second-order valence-electron chi connectivity index (χ2n) is 17.9. The zero-order valence-corrected chi connectivity index (χ0v) is 42.0. The zero-order valence-electron chi connectivity index (χ0n) is 42.0. The predicted molar refractivity (Wildman–Crippen MR) is 279 cm³/mol. The normalized spacial score (nSPS) is 12.9. The molecule has 0 heterocycles. The van der Waals surface area contributed by atoms with Crippen molar-refractivity contribution in [1.82, 2.24) is 0 Å². The van der Waals surface area contributed by atoms with Crippen molar-refractivity contribution < 1.29 is 24.2 Å². The van der Waals surface area contributed by atoms with Gasteiger partial charge in [0.25, 0.3) is 0 Å². The number of carbonyl (C=O) groups excluding carboxylic acids is 2. The first-order valence-electron chi connectivity index (χ1n) is 27.1. The maximum atomic E-state index is 12.3. The average molecular weight is 891 g/mol. The van der Waals surface area contributed by atoms with Crippen molar-refractivity contribution in [1.29, 1.82) is 0 Å². The highest BCUT2D eigenvalue weighted by molar-refractivity contribution is 5.70. The highest BCUT2D eigenvalue weighted by Gasteiger charge is 2.16. The highest BCUT2D eigenvalue weighted by atomic mass is 16.6. The second kappa shape index (κ2) is 54.4. The van der Waals surface area contributed by atoms with Crippen LogP contribution in [0.1, 0.15) is 258 Å². The number of hydrogen-bond donors (Lipinski definition) is 1. The smallest absolute Gasteiger partial charge is 0.306 e. The first-order chi connectivity index (χ1) is 31.6. The van der Waals surface area contributed by atoms with E-state index in [1.807, 2.05) is 0 Å². The Morgan fingerprint density at radius 1 is 0.375 bits per heavy atom. The number of allylic oxidation sites excluding steroid dienone is 14. The van der Waals surface area contributed by atoms with Crippen molar-refractivity contribution in [3.63, 3.8) is 0 Å². The minimum Gasteiger partial charge on any atom is -0.462 e. The molecule has 0 aliphatic heterocycles. The van der Waals surface area contributed by atoms with Gasteiger partial charge in [-0.25, -0.2) is 0 Å². The van der Waals surface area contributed by atoms with E-state index in [1.54, 1.807) is 0 Å². The van der Waals surface area contributed by atoms with Gasteiger partial charge >= 0.3 is 11.9 Å². The lowest BCUT2D eigenvalue weighted by Crippen LogP contribution is -2.28. The molecule has 0 spiro atoms. The molecule has 0 saturated heterocycles. The molecule has 0 bridgehead atoms. The summed E-state index contributed by atoms with van der Waals surface area (Å²) in [4.78, 5) is 24.5. The van der Waals surface area contributed by atoms with Gasteiger partial charge in [-0.15, -0.1) is 0 Å². The minimum absolute atomic E-state index is 0.0667. The van der Waals surface area contributed by atoms with Gasteiger partial charge in [-0.1, -0.05) is 259 Å². The van der Waals surface area contributed by atoms with Crippen LogP contribution in [-0.2, 0) is 19.1 Å². The summed E-state index contributed by atoms with van der Waals surface area (Å²) >= 11 is 0.